The van der Waals surface area contributed by atoms with Gasteiger partial charge in [0.2, 0.25) is 5.91 Å². The molecule has 1 amide bonds. The molecule has 4 N–H and O–H groups in total. The average molecular weight is 302 g/mol. The Morgan fingerprint density at radius 1 is 1.27 bits per heavy atom. The number of carbonyl (C=O) groups excluding carboxylic acids is 1. The van der Waals surface area contributed by atoms with Crippen LogP contribution in [0.3, 0.4) is 0 Å². The van der Waals surface area contributed by atoms with Gasteiger partial charge in [0.25, 0.3) is 0 Å². The smallest absolute Gasteiger partial charge is 0.241 e. The second kappa shape index (κ2) is 9.92. The van der Waals surface area contributed by atoms with Crippen molar-refractivity contribution in [2.45, 2.75) is 45.3 Å². The predicted molar refractivity (Wildman–Crippen MR) is 90.1 cm³/mol. The molecule has 0 unspecified atom stereocenters. The first-order valence-electron chi connectivity index (χ1n) is 7.55. The fourth-order valence-corrected chi connectivity index (χ4v) is 1.90. The van der Waals surface area contributed by atoms with E-state index in [1.165, 1.54) is 5.57 Å². The second-order valence-electron chi connectivity index (χ2n) is 5.61. The van der Waals surface area contributed by atoms with Crippen molar-refractivity contribution in [1.82, 2.24) is 5.32 Å². The van der Waals surface area contributed by atoms with Crippen LogP contribution in [0.2, 0.25) is 0 Å². The van der Waals surface area contributed by atoms with Gasteiger partial charge in [0.05, 0.1) is 12.1 Å². The monoisotopic (exact) mass is 302 g/mol. The summed E-state index contributed by atoms with van der Waals surface area (Å²) in [6, 6.07) is 9.09. The summed E-state index contributed by atoms with van der Waals surface area (Å²) in [6.07, 6.45) is 6.49. The number of nitrogens with one attached hydrogen (secondary N) is 1. The molecule has 120 valence electrons. The molecular weight excluding hydrogens is 276 g/mol. The summed E-state index contributed by atoms with van der Waals surface area (Å²) in [4.78, 5) is 11.8. The van der Waals surface area contributed by atoms with Crippen molar-refractivity contribution in [3.63, 3.8) is 0 Å². The number of carbonyl (C=O) groups is 1. The van der Waals surface area contributed by atoms with Crippen LogP contribution in [0.25, 0.3) is 0 Å². The number of allylic oxidation sites excluding steroid dienone is 1. The third kappa shape index (κ3) is 7.76. The molecule has 22 heavy (non-hydrogen) atoms. The lowest BCUT2D eigenvalue weighted by atomic mass is 10.1. The van der Waals surface area contributed by atoms with Crippen LogP contribution in [0, 0.1) is 0 Å². The maximum Gasteiger partial charge on any atom is 0.241 e. The fraction of sp³-hybridized carbons (Fsp3) is 0.389. The second-order valence-corrected chi connectivity index (χ2v) is 5.61. The van der Waals surface area contributed by atoms with Gasteiger partial charge in [0.15, 0.2) is 0 Å². The van der Waals surface area contributed by atoms with Crippen LogP contribution in [-0.4, -0.2) is 23.2 Å². The normalized spacial score (nSPS) is 13.6. The van der Waals surface area contributed by atoms with Crippen molar-refractivity contribution in [3.8, 4) is 0 Å². The summed E-state index contributed by atoms with van der Waals surface area (Å²) in [7, 11) is 0. The fourth-order valence-electron chi connectivity index (χ4n) is 1.90. The first-order valence-corrected chi connectivity index (χ1v) is 7.55. The quantitative estimate of drug-likeness (QED) is 0.645. The number of benzene rings is 1. The van der Waals surface area contributed by atoms with Gasteiger partial charge in [0, 0.05) is 0 Å². The molecule has 0 heterocycles. The highest BCUT2D eigenvalue weighted by Crippen LogP contribution is 2.03. The Morgan fingerprint density at radius 2 is 1.95 bits per heavy atom. The van der Waals surface area contributed by atoms with E-state index in [2.05, 4.69) is 5.32 Å². The van der Waals surface area contributed by atoms with Gasteiger partial charge in [-0.15, -0.1) is 0 Å². The van der Waals surface area contributed by atoms with Crippen LogP contribution in [0.1, 0.15) is 32.3 Å². The van der Waals surface area contributed by atoms with E-state index in [0.717, 1.165) is 5.56 Å². The maximum absolute atomic E-state index is 11.8. The van der Waals surface area contributed by atoms with Crippen molar-refractivity contribution in [2.75, 3.05) is 0 Å². The molecule has 0 bridgehead atoms. The van der Waals surface area contributed by atoms with Crippen molar-refractivity contribution in [3.05, 3.63) is 59.8 Å². The highest BCUT2D eigenvalue weighted by molar-refractivity contribution is 5.82. The van der Waals surface area contributed by atoms with Crippen LogP contribution < -0.4 is 11.1 Å². The lowest BCUT2D eigenvalue weighted by molar-refractivity contribution is -0.121. The molecule has 2 atom stereocenters. The van der Waals surface area contributed by atoms with Crippen molar-refractivity contribution >= 4 is 5.91 Å². The van der Waals surface area contributed by atoms with Gasteiger partial charge in [-0.2, -0.15) is 0 Å². The molecule has 1 aromatic carbocycles. The van der Waals surface area contributed by atoms with Gasteiger partial charge in [0.1, 0.15) is 0 Å². The van der Waals surface area contributed by atoms with E-state index in [0.29, 0.717) is 19.3 Å². The highest BCUT2D eigenvalue weighted by atomic mass is 16.3. The van der Waals surface area contributed by atoms with Crippen LogP contribution in [0.4, 0.5) is 0 Å². The van der Waals surface area contributed by atoms with Crippen LogP contribution in [0.5, 0.6) is 0 Å². The van der Waals surface area contributed by atoms with Gasteiger partial charge in [-0.1, -0.05) is 48.1 Å². The molecule has 0 aliphatic heterocycles. The molecule has 0 aromatic heterocycles. The number of aliphatic hydroxyl groups is 1. The van der Waals surface area contributed by atoms with Crippen LogP contribution in [0.15, 0.2) is 54.3 Å². The first-order chi connectivity index (χ1) is 10.5. The Labute approximate surface area is 132 Å². The molecule has 0 radical (unpaired) electrons. The van der Waals surface area contributed by atoms with Crippen molar-refractivity contribution in [2.24, 2.45) is 5.73 Å². The van der Waals surface area contributed by atoms with Crippen LogP contribution in [-0.2, 0) is 11.2 Å². The summed E-state index contributed by atoms with van der Waals surface area (Å²) < 4.78 is 0. The van der Waals surface area contributed by atoms with Crippen LogP contribution >= 0.6 is 0 Å². The van der Waals surface area contributed by atoms with E-state index in [4.69, 9.17) is 5.73 Å². The van der Waals surface area contributed by atoms with Gasteiger partial charge < -0.3 is 16.2 Å². The molecule has 4 heteroatoms. The van der Waals surface area contributed by atoms with E-state index >= 15 is 0 Å². The van der Waals surface area contributed by atoms with E-state index in [9.17, 15) is 9.90 Å². The summed E-state index contributed by atoms with van der Waals surface area (Å²) in [5.74, 6) is -0.223. The Morgan fingerprint density at radius 3 is 2.59 bits per heavy atom. The number of hydrogen-bond acceptors (Lipinski definition) is 3. The van der Waals surface area contributed by atoms with Crippen molar-refractivity contribution < 1.29 is 9.90 Å². The minimum Gasteiger partial charge on any atom is -0.392 e. The Hall–Kier alpha value is -1.91. The Bertz CT molecular complexity index is 505. The zero-order chi connectivity index (χ0) is 16.4. The zero-order valence-corrected chi connectivity index (χ0v) is 13.3. The van der Waals surface area contributed by atoms with Gasteiger partial charge in [-0.3, -0.25) is 4.79 Å². The minimum atomic E-state index is -0.581. The van der Waals surface area contributed by atoms with E-state index in [1.807, 2.05) is 50.3 Å². The topological polar surface area (TPSA) is 75.3 Å². The standard InChI is InChI=1S/C18H26N2O2/c1-14(2)10-11-16(21)9-6-12-20-18(22)17(19)13-15-7-4-3-5-8-15/h3-8,10,12,16-17,21H,9,11,13,19H2,1-2H3,(H,20,22)/b12-6-/t16-,17+/m1/s1. The molecule has 0 saturated carbocycles. The van der Waals surface area contributed by atoms with Crippen molar-refractivity contribution in [1.29, 1.82) is 0 Å². The Kier molecular flexibility index (Phi) is 8.18. The number of aliphatic hydroxyl groups excluding tert-OH is 1. The number of hydrogen-bond donors (Lipinski definition) is 3. The summed E-state index contributed by atoms with van der Waals surface area (Å²) in [5, 5.41) is 12.4. The molecule has 0 aliphatic rings. The number of nitrogens with two attached hydrogens (primary N) is 1. The SMILES string of the molecule is CC(C)=CC[C@H](O)C/C=C\NC(=O)[C@@H](N)Cc1ccccc1. The molecule has 0 fully saturated rings. The Balaban J connectivity index is 2.29. The summed E-state index contributed by atoms with van der Waals surface area (Å²) in [6.45, 7) is 3.99. The first kappa shape index (κ1) is 18.1. The molecule has 1 rings (SSSR count). The third-order valence-electron chi connectivity index (χ3n) is 3.18. The lowest BCUT2D eigenvalue weighted by Gasteiger charge is -2.10. The molecule has 0 saturated heterocycles. The van der Waals surface area contributed by atoms with E-state index in [-0.39, 0.29) is 5.91 Å². The minimum absolute atomic E-state index is 0.223. The number of rotatable bonds is 8. The molecule has 0 aliphatic carbocycles. The third-order valence-corrected chi connectivity index (χ3v) is 3.18. The summed E-state index contributed by atoms with van der Waals surface area (Å²) >= 11 is 0. The lowest BCUT2D eigenvalue weighted by Crippen LogP contribution is -2.39. The maximum atomic E-state index is 11.8. The molecule has 4 nitrogen and oxygen atoms in total. The zero-order valence-electron chi connectivity index (χ0n) is 13.3. The van der Waals surface area contributed by atoms with Gasteiger partial charge >= 0.3 is 0 Å². The predicted octanol–water partition coefficient (Wildman–Crippen LogP) is 2.29. The van der Waals surface area contributed by atoms with E-state index in [1.54, 1.807) is 12.3 Å². The van der Waals surface area contributed by atoms with E-state index < -0.39 is 12.1 Å². The van der Waals surface area contributed by atoms with Gasteiger partial charge in [-0.05, 0) is 44.9 Å². The summed E-state index contributed by atoms with van der Waals surface area (Å²) in [5.41, 5.74) is 8.09. The number of amides is 1. The molecule has 0 spiro atoms. The molecular formula is C18H26N2O2. The van der Waals surface area contributed by atoms with Gasteiger partial charge in [-0.25, -0.2) is 0 Å². The largest absolute Gasteiger partial charge is 0.392 e. The highest BCUT2D eigenvalue weighted by Gasteiger charge is 2.12. The molecule has 1 aromatic rings. The average Bonchev–Trinajstić information content (AvgIpc) is 2.50.